The third kappa shape index (κ3) is 2.08. The van der Waals surface area contributed by atoms with E-state index < -0.39 is 11.1 Å². The summed E-state index contributed by atoms with van der Waals surface area (Å²) >= 11 is 3.64. The first-order chi connectivity index (χ1) is 7.39. The van der Waals surface area contributed by atoms with Gasteiger partial charge in [0.15, 0.2) is 5.13 Å². The third-order valence-corrected chi connectivity index (χ3v) is 4.06. The topological polar surface area (TPSA) is 33.2 Å². The fraction of sp³-hybridized carbons (Fsp3) is 0.500. The first kappa shape index (κ1) is 11.8. The van der Waals surface area contributed by atoms with Crippen molar-refractivity contribution in [3.05, 3.63) is 11.1 Å². The lowest BCUT2D eigenvalue weighted by Gasteiger charge is -2.10. The third-order valence-electron chi connectivity index (χ3n) is 2.14. The Labute approximate surface area is 101 Å². The second-order valence-corrected chi connectivity index (χ2v) is 5.37. The van der Waals surface area contributed by atoms with Gasteiger partial charge < -0.3 is 0 Å². The molecule has 0 radical (unpaired) electrons. The van der Waals surface area contributed by atoms with Crippen molar-refractivity contribution < 1.29 is 18.0 Å². The predicted molar refractivity (Wildman–Crippen MR) is 56.8 cm³/mol. The largest absolute Gasteiger partial charge is 0.427 e. The highest BCUT2D eigenvalue weighted by Crippen LogP contribution is 2.37. The van der Waals surface area contributed by atoms with E-state index in [9.17, 15) is 18.0 Å². The van der Waals surface area contributed by atoms with Crippen molar-refractivity contribution in [1.29, 1.82) is 0 Å². The number of aromatic nitrogens is 1. The summed E-state index contributed by atoms with van der Waals surface area (Å²) in [5.74, 6) is -0.233. The Bertz CT molecular complexity index is 420. The highest BCUT2D eigenvalue weighted by molar-refractivity contribution is 9.10. The number of amides is 1. The van der Waals surface area contributed by atoms with Gasteiger partial charge in [-0.1, -0.05) is 27.3 Å². The van der Waals surface area contributed by atoms with Gasteiger partial charge >= 0.3 is 6.18 Å². The van der Waals surface area contributed by atoms with E-state index in [4.69, 9.17) is 0 Å². The molecule has 2 rings (SSSR count). The number of rotatable bonds is 1. The summed E-state index contributed by atoms with van der Waals surface area (Å²) in [5, 5.41) is 0.110. The van der Waals surface area contributed by atoms with Gasteiger partial charge in [0.25, 0.3) is 0 Å². The van der Waals surface area contributed by atoms with Gasteiger partial charge in [-0.15, -0.1) is 0 Å². The van der Waals surface area contributed by atoms with Crippen molar-refractivity contribution in [2.24, 2.45) is 0 Å². The SMILES string of the molecule is O=C1C(Br)CCN1c1ncc(C(F)(F)F)s1. The minimum Gasteiger partial charge on any atom is -0.287 e. The lowest BCUT2D eigenvalue weighted by molar-refractivity contribution is -0.134. The summed E-state index contributed by atoms with van der Waals surface area (Å²) in [6.07, 6.45) is -3.05. The number of carbonyl (C=O) groups is 1. The molecule has 16 heavy (non-hydrogen) atoms. The molecular formula is C8H6BrF3N2OS. The van der Waals surface area contributed by atoms with Gasteiger partial charge in [0.1, 0.15) is 4.88 Å². The molecule has 0 bridgehead atoms. The molecular weight excluding hydrogens is 309 g/mol. The van der Waals surface area contributed by atoms with E-state index in [1.165, 1.54) is 4.90 Å². The first-order valence-corrected chi connectivity index (χ1v) is 6.11. The predicted octanol–water partition coefficient (Wildman–Crippen LogP) is 2.66. The van der Waals surface area contributed by atoms with Crippen LogP contribution in [-0.2, 0) is 11.0 Å². The van der Waals surface area contributed by atoms with Crippen LogP contribution in [0.1, 0.15) is 11.3 Å². The standard InChI is InChI=1S/C8H6BrF3N2OS/c9-4-1-2-14(6(4)15)7-13-3-5(16-7)8(10,11)12/h3-4H,1-2H2. The molecule has 0 saturated carbocycles. The molecule has 1 atom stereocenters. The van der Waals surface area contributed by atoms with Crippen molar-refractivity contribution in [3.63, 3.8) is 0 Å². The Morgan fingerprint density at radius 1 is 1.56 bits per heavy atom. The maximum atomic E-state index is 12.3. The number of hydrogen-bond donors (Lipinski definition) is 0. The number of anilines is 1. The zero-order valence-corrected chi connectivity index (χ0v) is 10.2. The Morgan fingerprint density at radius 2 is 2.25 bits per heavy atom. The van der Waals surface area contributed by atoms with Crippen LogP contribution in [0.15, 0.2) is 6.20 Å². The van der Waals surface area contributed by atoms with E-state index in [1.54, 1.807) is 0 Å². The van der Waals surface area contributed by atoms with Crippen LogP contribution in [0.5, 0.6) is 0 Å². The summed E-state index contributed by atoms with van der Waals surface area (Å²) in [5.41, 5.74) is 0. The lowest BCUT2D eigenvalue weighted by atomic mass is 10.4. The zero-order valence-electron chi connectivity index (χ0n) is 7.79. The van der Waals surface area contributed by atoms with Crippen molar-refractivity contribution in [1.82, 2.24) is 4.98 Å². The minimum absolute atomic E-state index is 0.110. The van der Waals surface area contributed by atoms with Crippen LogP contribution in [0.4, 0.5) is 18.3 Å². The van der Waals surface area contributed by atoms with E-state index in [2.05, 4.69) is 20.9 Å². The molecule has 1 aliphatic rings. The summed E-state index contributed by atoms with van der Waals surface area (Å²) in [6.45, 7) is 0.402. The number of carbonyl (C=O) groups excluding carboxylic acids is 1. The van der Waals surface area contributed by atoms with E-state index in [0.29, 0.717) is 24.3 Å². The smallest absolute Gasteiger partial charge is 0.287 e. The molecule has 88 valence electrons. The van der Waals surface area contributed by atoms with Crippen molar-refractivity contribution in [2.45, 2.75) is 17.4 Å². The van der Waals surface area contributed by atoms with Crippen LogP contribution in [0.25, 0.3) is 0 Å². The van der Waals surface area contributed by atoms with Gasteiger partial charge in [0, 0.05) is 6.54 Å². The number of halogens is 4. The van der Waals surface area contributed by atoms with Crippen LogP contribution in [-0.4, -0.2) is 22.3 Å². The Morgan fingerprint density at radius 3 is 2.69 bits per heavy atom. The second-order valence-electron chi connectivity index (χ2n) is 3.25. The number of nitrogens with zero attached hydrogens (tertiary/aromatic N) is 2. The molecule has 1 amide bonds. The highest BCUT2D eigenvalue weighted by Gasteiger charge is 2.37. The van der Waals surface area contributed by atoms with Gasteiger partial charge in [-0.05, 0) is 6.42 Å². The molecule has 1 fully saturated rings. The van der Waals surface area contributed by atoms with Crippen LogP contribution in [0.3, 0.4) is 0 Å². The number of hydrogen-bond acceptors (Lipinski definition) is 3. The van der Waals surface area contributed by atoms with Crippen molar-refractivity contribution >= 4 is 38.3 Å². The van der Waals surface area contributed by atoms with Crippen LogP contribution in [0, 0.1) is 0 Å². The molecule has 1 aliphatic heterocycles. The van der Waals surface area contributed by atoms with Crippen molar-refractivity contribution in [3.8, 4) is 0 Å². The molecule has 1 aromatic rings. The lowest BCUT2D eigenvalue weighted by Crippen LogP contribution is -2.26. The average Bonchev–Trinajstić information content (AvgIpc) is 2.74. The summed E-state index contributed by atoms with van der Waals surface area (Å²) in [7, 11) is 0. The van der Waals surface area contributed by atoms with Crippen LogP contribution >= 0.6 is 27.3 Å². The van der Waals surface area contributed by atoms with E-state index in [-0.39, 0.29) is 15.9 Å². The van der Waals surface area contributed by atoms with E-state index in [0.717, 1.165) is 6.20 Å². The number of thiazole rings is 1. The maximum Gasteiger partial charge on any atom is 0.427 e. The second kappa shape index (κ2) is 3.99. The quantitative estimate of drug-likeness (QED) is 0.747. The average molecular weight is 315 g/mol. The van der Waals surface area contributed by atoms with Crippen LogP contribution < -0.4 is 4.90 Å². The van der Waals surface area contributed by atoms with Gasteiger partial charge in [0.05, 0.1) is 11.0 Å². The van der Waals surface area contributed by atoms with Gasteiger partial charge in [-0.25, -0.2) is 4.98 Å². The molecule has 0 spiro atoms. The molecule has 1 aromatic heterocycles. The van der Waals surface area contributed by atoms with Gasteiger partial charge in [0.2, 0.25) is 5.91 Å². The van der Waals surface area contributed by atoms with Gasteiger partial charge in [-0.2, -0.15) is 13.2 Å². The normalized spacial score (nSPS) is 21.9. The Kier molecular flexibility index (Phi) is 2.95. The highest BCUT2D eigenvalue weighted by atomic mass is 79.9. The molecule has 2 heterocycles. The number of alkyl halides is 4. The molecule has 3 nitrogen and oxygen atoms in total. The molecule has 1 saturated heterocycles. The monoisotopic (exact) mass is 314 g/mol. The minimum atomic E-state index is -4.40. The first-order valence-electron chi connectivity index (χ1n) is 4.38. The van der Waals surface area contributed by atoms with Gasteiger partial charge in [-0.3, -0.25) is 9.69 Å². The Balaban J connectivity index is 2.23. The fourth-order valence-electron chi connectivity index (χ4n) is 1.36. The van der Waals surface area contributed by atoms with Crippen LogP contribution in [0.2, 0.25) is 0 Å². The summed E-state index contributed by atoms with van der Waals surface area (Å²) < 4.78 is 37.0. The van der Waals surface area contributed by atoms with Crippen molar-refractivity contribution in [2.75, 3.05) is 11.4 Å². The fourth-order valence-corrected chi connectivity index (χ4v) is 2.62. The molecule has 0 aliphatic carbocycles. The zero-order chi connectivity index (χ0) is 11.9. The molecule has 8 heteroatoms. The summed E-state index contributed by atoms with van der Waals surface area (Å²) in [4.78, 5) is 15.3. The van der Waals surface area contributed by atoms with E-state index in [1.807, 2.05) is 0 Å². The summed E-state index contributed by atoms with van der Waals surface area (Å²) in [6, 6.07) is 0. The maximum absolute atomic E-state index is 12.3. The van der Waals surface area contributed by atoms with E-state index >= 15 is 0 Å². The molecule has 1 unspecified atom stereocenters. The Hall–Kier alpha value is -0.630. The molecule has 0 aromatic carbocycles. The molecule has 0 N–H and O–H groups in total.